The van der Waals surface area contributed by atoms with Crippen molar-refractivity contribution in [2.45, 2.75) is 32.7 Å². The fourth-order valence-electron chi connectivity index (χ4n) is 1.98. The molecule has 0 radical (unpaired) electrons. The van der Waals surface area contributed by atoms with Crippen LogP contribution in [0.2, 0.25) is 0 Å². The van der Waals surface area contributed by atoms with Crippen molar-refractivity contribution in [3.63, 3.8) is 0 Å². The number of aryl methyl sites for hydroxylation is 1. The average molecular weight is 210 g/mol. The highest BCUT2D eigenvalue weighted by Gasteiger charge is 2.25. The highest BCUT2D eigenvalue weighted by atomic mass is 16.5. The minimum absolute atomic E-state index is 0.504. The number of nitrogens with one attached hydrogen (secondary N) is 1. The predicted octanol–water partition coefficient (Wildman–Crippen LogP) is 0.956. The molecular weight excluding hydrogens is 192 g/mol. The summed E-state index contributed by atoms with van der Waals surface area (Å²) in [4.78, 5) is 6.52. The maximum absolute atomic E-state index is 5.23. The van der Waals surface area contributed by atoms with Crippen LogP contribution in [0.15, 0.2) is 4.52 Å². The standard InChI is InChI=1S/C10H18N4O/c1-3-6-14(9-4-5-11-7-9)10-12-8(2)13-15-10/h9,11H,3-7H2,1-2H3. The SMILES string of the molecule is CCCN(c1nc(C)no1)C1CCNC1. The van der Waals surface area contributed by atoms with Crippen molar-refractivity contribution in [2.75, 3.05) is 24.5 Å². The van der Waals surface area contributed by atoms with Crippen LogP contribution < -0.4 is 10.2 Å². The lowest BCUT2D eigenvalue weighted by Crippen LogP contribution is -2.37. The largest absolute Gasteiger partial charge is 0.324 e. The highest BCUT2D eigenvalue weighted by Crippen LogP contribution is 2.18. The Bertz CT molecular complexity index is 306. The second-order valence-electron chi connectivity index (χ2n) is 3.96. The Morgan fingerprint density at radius 3 is 3.00 bits per heavy atom. The average Bonchev–Trinajstić information content (AvgIpc) is 2.85. The number of rotatable bonds is 4. The quantitative estimate of drug-likeness (QED) is 0.802. The van der Waals surface area contributed by atoms with Crippen LogP contribution >= 0.6 is 0 Å². The molecule has 1 aromatic heterocycles. The molecule has 84 valence electrons. The molecule has 1 aliphatic rings. The van der Waals surface area contributed by atoms with Crippen molar-refractivity contribution in [3.8, 4) is 0 Å². The van der Waals surface area contributed by atoms with Crippen molar-refractivity contribution in [1.29, 1.82) is 0 Å². The van der Waals surface area contributed by atoms with E-state index in [1.165, 1.54) is 0 Å². The number of aromatic nitrogens is 2. The van der Waals surface area contributed by atoms with Gasteiger partial charge in [-0.3, -0.25) is 0 Å². The second-order valence-corrected chi connectivity index (χ2v) is 3.96. The van der Waals surface area contributed by atoms with E-state index in [1.54, 1.807) is 0 Å². The van der Waals surface area contributed by atoms with E-state index in [1.807, 2.05) is 6.92 Å². The van der Waals surface area contributed by atoms with Crippen molar-refractivity contribution in [2.24, 2.45) is 0 Å². The van der Waals surface area contributed by atoms with Crippen LogP contribution in [0.1, 0.15) is 25.6 Å². The molecule has 15 heavy (non-hydrogen) atoms. The van der Waals surface area contributed by atoms with Gasteiger partial charge in [0.25, 0.3) is 0 Å². The van der Waals surface area contributed by atoms with E-state index in [4.69, 9.17) is 4.52 Å². The van der Waals surface area contributed by atoms with Crippen LogP contribution in [0.3, 0.4) is 0 Å². The third-order valence-electron chi connectivity index (χ3n) is 2.70. The summed E-state index contributed by atoms with van der Waals surface area (Å²) in [5.41, 5.74) is 0. The molecule has 5 nitrogen and oxygen atoms in total. The molecule has 2 heterocycles. The topological polar surface area (TPSA) is 54.2 Å². The Morgan fingerprint density at radius 1 is 1.60 bits per heavy atom. The number of hydrogen-bond donors (Lipinski definition) is 1. The molecule has 1 atom stereocenters. The zero-order valence-electron chi connectivity index (χ0n) is 9.36. The lowest BCUT2D eigenvalue weighted by atomic mass is 10.2. The molecule has 2 rings (SSSR count). The summed E-state index contributed by atoms with van der Waals surface area (Å²) in [7, 11) is 0. The van der Waals surface area contributed by atoms with Crippen molar-refractivity contribution in [3.05, 3.63) is 5.82 Å². The molecule has 1 fully saturated rings. The molecule has 5 heteroatoms. The minimum Gasteiger partial charge on any atom is -0.320 e. The van der Waals surface area contributed by atoms with Crippen molar-refractivity contribution < 1.29 is 4.52 Å². The molecule has 0 bridgehead atoms. The first-order valence-electron chi connectivity index (χ1n) is 5.59. The Hall–Kier alpha value is -1.10. The molecule has 1 N–H and O–H groups in total. The van der Waals surface area contributed by atoms with Gasteiger partial charge in [0.05, 0.1) is 0 Å². The summed E-state index contributed by atoms with van der Waals surface area (Å²) < 4.78 is 5.23. The Kier molecular flexibility index (Phi) is 3.20. The summed E-state index contributed by atoms with van der Waals surface area (Å²) in [5.74, 6) is 0.706. The van der Waals surface area contributed by atoms with Crippen LogP contribution in [0.4, 0.5) is 6.01 Å². The van der Waals surface area contributed by atoms with Crippen LogP contribution in [0.25, 0.3) is 0 Å². The molecule has 1 aliphatic heterocycles. The smallest absolute Gasteiger partial charge is 0.320 e. The molecular formula is C10H18N4O. The first-order chi connectivity index (χ1) is 7.31. The molecule has 0 amide bonds. The fraction of sp³-hybridized carbons (Fsp3) is 0.800. The minimum atomic E-state index is 0.504. The van der Waals surface area contributed by atoms with Gasteiger partial charge in [0, 0.05) is 19.1 Å². The Balaban J connectivity index is 2.11. The van der Waals surface area contributed by atoms with Gasteiger partial charge < -0.3 is 14.7 Å². The van der Waals surface area contributed by atoms with Crippen LogP contribution in [-0.4, -0.2) is 35.8 Å². The van der Waals surface area contributed by atoms with Gasteiger partial charge in [0.15, 0.2) is 5.82 Å². The second kappa shape index (κ2) is 4.61. The summed E-state index contributed by atoms with van der Waals surface area (Å²) >= 11 is 0. The highest BCUT2D eigenvalue weighted by molar-refractivity contribution is 5.28. The normalized spacial score (nSPS) is 20.8. The van der Waals surface area contributed by atoms with E-state index in [9.17, 15) is 0 Å². The third kappa shape index (κ3) is 2.28. The molecule has 0 spiro atoms. The Morgan fingerprint density at radius 2 is 2.47 bits per heavy atom. The lowest BCUT2D eigenvalue weighted by Gasteiger charge is -2.25. The molecule has 1 unspecified atom stereocenters. The van der Waals surface area contributed by atoms with Gasteiger partial charge in [0.2, 0.25) is 0 Å². The van der Waals surface area contributed by atoms with Gasteiger partial charge in [0.1, 0.15) is 0 Å². The van der Waals surface area contributed by atoms with Gasteiger partial charge >= 0.3 is 6.01 Å². The monoisotopic (exact) mass is 210 g/mol. The van der Waals surface area contributed by atoms with Crippen LogP contribution in [0, 0.1) is 6.92 Å². The Labute approximate surface area is 89.8 Å². The van der Waals surface area contributed by atoms with E-state index in [-0.39, 0.29) is 0 Å². The number of anilines is 1. The van der Waals surface area contributed by atoms with E-state index >= 15 is 0 Å². The molecule has 1 saturated heterocycles. The number of nitrogens with zero attached hydrogens (tertiary/aromatic N) is 3. The molecule has 1 aromatic rings. The first-order valence-corrected chi connectivity index (χ1v) is 5.59. The molecule has 0 aromatic carbocycles. The predicted molar refractivity (Wildman–Crippen MR) is 57.9 cm³/mol. The van der Waals surface area contributed by atoms with Crippen LogP contribution in [0.5, 0.6) is 0 Å². The summed E-state index contributed by atoms with van der Waals surface area (Å²) in [6, 6.07) is 1.17. The van der Waals surface area contributed by atoms with Crippen molar-refractivity contribution in [1.82, 2.24) is 15.5 Å². The maximum Gasteiger partial charge on any atom is 0.324 e. The van der Waals surface area contributed by atoms with E-state index in [0.717, 1.165) is 32.5 Å². The zero-order valence-corrected chi connectivity index (χ0v) is 9.36. The maximum atomic E-state index is 5.23. The zero-order chi connectivity index (χ0) is 10.7. The van der Waals surface area contributed by atoms with Gasteiger partial charge in [-0.05, 0) is 26.3 Å². The summed E-state index contributed by atoms with van der Waals surface area (Å²) in [6.45, 7) is 7.09. The number of hydrogen-bond acceptors (Lipinski definition) is 5. The fourth-order valence-corrected chi connectivity index (χ4v) is 1.98. The van der Waals surface area contributed by atoms with Crippen molar-refractivity contribution >= 4 is 6.01 Å². The van der Waals surface area contributed by atoms with E-state index in [0.29, 0.717) is 17.9 Å². The molecule has 0 aliphatic carbocycles. The summed E-state index contributed by atoms with van der Waals surface area (Å²) in [5, 5.41) is 7.20. The lowest BCUT2D eigenvalue weighted by molar-refractivity contribution is 0.397. The van der Waals surface area contributed by atoms with Gasteiger partial charge in [-0.2, -0.15) is 4.98 Å². The van der Waals surface area contributed by atoms with Gasteiger partial charge in [-0.1, -0.05) is 12.1 Å². The van der Waals surface area contributed by atoms with E-state index in [2.05, 4.69) is 27.3 Å². The molecule has 0 saturated carbocycles. The third-order valence-corrected chi connectivity index (χ3v) is 2.70. The first kappa shape index (κ1) is 10.4. The van der Waals surface area contributed by atoms with Gasteiger partial charge in [-0.25, -0.2) is 0 Å². The van der Waals surface area contributed by atoms with Crippen LogP contribution in [-0.2, 0) is 0 Å². The van der Waals surface area contributed by atoms with E-state index < -0.39 is 0 Å². The van der Waals surface area contributed by atoms with Gasteiger partial charge in [-0.15, -0.1) is 0 Å². The summed E-state index contributed by atoms with van der Waals surface area (Å²) in [6.07, 6.45) is 2.25.